The Morgan fingerprint density at radius 3 is 2.62 bits per heavy atom. The van der Waals surface area contributed by atoms with Crippen molar-refractivity contribution >= 4 is 28.8 Å². The normalized spacial score (nSPS) is 10.6. The largest absolute Gasteiger partial charge is 0.354 e. The quantitative estimate of drug-likeness (QED) is 0.504. The average Bonchev–Trinajstić information content (AvgIpc) is 2.57. The van der Waals surface area contributed by atoms with Crippen LogP contribution in [0.4, 0.5) is 15.8 Å². The lowest BCUT2D eigenvalue weighted by Gasteiger charge is -2.13. The van der Waals surface area contributed by atoms with Crippen LogP contribution < -0.4 is 5.32 Å². The zero-order valence-corrected chi connectivity index (χ0v) is 15.1. The summed E-state index contributed by atoms with van der Waals surface area (Å²) in [6.45, 7) is 3.62. The molecule has 0 atom stereocenters. The van der Waals surface area contributed by atoms with Crippen molar-refractivity contribution in [3.63, 3.8) is 0 Å². The van der Waals surface area contributed by atoms with Crippen molar-refractivity contribution in [2.75, 3.05) is 5.32 Å². The Kier molecular flexibility index (Phi) is 5.28. The third-order valence-corrected chi connectivity index (χ3v) is 4.22. The zero-order chi connectivity index (χ0) is 18.7. The van der Waals surface area contributed by atoms with E-state index in [1.54, 1.807) is 43.6 Å². The average molecular weight is 370 g/mol. The molecule has 0 aliphatic rings. The summed E-state index contributed by atoms with van der Waals surface area (Å²) in [6.07, 6.45) is 3.47. The van der Waals surface area contributed by atoms with Gasteiger partial charge in [-0.15, -0.1) is 0 Å². The minimum absolute atomic E-state index is 0.0440. The Bertz CT molecular complexity index is 935. The molecule has 1 N–H and O–H groups in total. The molecule has 0 aliphatic carbocycles. The van der Waals surface area contributed by atoms with Crippen LogP contribution in [0.15, 0.2) is 48.8 Å². The first-order valence-corrected chi connectivity index (χ1v) is 8.44. The SMILES string of the molecule is Cc1cc(Cl)nc(C)c1C(=O)Cc1ccncc1Nc1ccc(F)cc1. The second kappa shape index (κ2) is 7.62. The highest BCUT2D eigenvalue weighted by atomic mass is 35.5. The summed E-state index contributed by atoms with van der Waals surface area (Å²) in [4.78, 5) is 21.1. The van der Waals surface area contributed by atoms with E-state index in [0.29, 0.717) is 27.8 Å². The molecule has 0 spiro atoms. The van der Waals surface area contributed by atoms with Gasteiger partial charge < -0.3 is 5.32 Å². The van der Waals surface area contributed by atoms with Crippen LogP contribution in [0.1, 0.15) is 27.2 Å². The number of halogens is 2. The van der Waals surface area contributed by atoms with Gasteiger partial charge in [0.1, 0.15) is 11.0 Å². The van der Waals surface area contributed by atoms with Crippen LogP contribution in [0.3, 0.4) is 0 Å². The van der Waals surface area contributed by atoms with Crippen LogP contribution in [0.2, 0.25) is 5.15 Å². The summed E-state index contributed by atoms with van der Waals surface area (Å²) in [6, 6.07) is 9.48. The van der Waals surface area contributed by atoms with Crippen molar-refractivity contribution in [3.8, 4) is 0 Å². The Balaban J connectivity index is 1.87. The number of hydrogen-bond donors (Lipinski definition) is 1. The number of aryl methyl sites for hydroxylation is 2. The molecule has 26 heavy (non-hydrogen) atoms. The number of anilines is 2. The molecule has 0 amide bonds. The molecule has 0 radical (unpaired) electrons. The number of nitrogens with one attached hydrogen (secondary N) is 1. The molecule has 0 saturated heterocycles. The van der Waals surface area contributed by atoms with Crippen molar-refractivity contribution in [3.05, 3.63) is 82.1 Å². The maximum absolute atomic E-state index is 13.1. The maximum Gasteiger partial charge on any atom is 0.169 e. The third-order valence-electron chi connectivity index (χ3n) is 4.03. The van der Waals surface area contributed by atoms with E-state index >= 15 is 0 Å². The molecule has 0 bridgehead atoms. The standard InChI is InChI=1S/C20H17ClFN3O/c1-12-9-19(21)24-13(2)20(12)18(26)10-14-7-8-23-11-17(14)25-16-5-3-15(22)4-6-16/h3-9,11,25H,10H2,1-2H3. The van der Waals surface area contributed by atoms with Gasteiger partial charge in [0.2, 0.25) is 0 Å². The topological polar surface area (TPSA) is 54.9 Å². The number of Topliss-reactive ketones (excluding diaryl/α,β-unsaturated/α-hetero) is 1. The van der Waals surface area contributed by atoms with E-state index in [9.17, 15) is 9.18 Å². The van der Waals surface area contributed by atoms with Gasteiger partial charge in [0.25, 0.3) is 0 Å². The van der Waals surface area contributed by atoms with Gasteiger partial charge in [-0.1, -0.05) is 11.6 Å². The molecule has 2 heterocycles. The minimum atomic E-state index is -0.307. The lowest BCUT2D eigenvalue weighted by Crippen LogP contribution is -2.11. The van der Waals surface area contributed by atoms with Crippen LogP contribution in [-0.2, 0) is 6.42 Å². The number of pyridine rings is 2. The van der Waals surface area contributed by atoms with E-state index in [1.807, 2.05) is 6.92 Å². The summed E-state index contributed by atoms with van der Waals surface area (Å²) in [7, 11) is 0. The molecule has 0 saturated carbocycles. The predicted octanol–water partition coefficient (Wildman–Crippen LogP) is 5.05. The number of hydrogen-bond acceptors (Lipinski definition) is 4. The fourth-order valence-electron chi connectivity index (χ4n) is 2.85. The summed E-state index contributed by atoms with van der Waals surface area (Å²) < 4.78 is 13.1. The van der Waals surface area contributed by atoms with Crippen molar-refractivity contribution in [1.29, 1.82) is 0 Å². The Morgan fingerprint density at radius 2 is 1.92 bits per heavy atom. The van der Waals surface area contributed by atoms with Gasteiger partial charge in [0, 0.05) is 23.9 Å². The Labute approximate surface area is 156 Å². The van der Waals surface area contributed by atoms with Gasteiger partial charge in [0.15, 0.2) is 5.78 Å². The van der Waals surface area contributed by atoms with E-state index in [-0.39, 0.29) is 18.0 Å². The number of aromatic nitrogens is 2. The highest BCUT2D eigenvalue weighted by Crippen LogP contribution is 2.24. The lowest BCUT2D eigenvalue weighted by molar-refractivity contribution is 0.0991. The minimum Gasteiger partial charge on any atom is -0.354 e. The summed E-state index contributed by atoms with van der Waals surface area (Å²) in [5.74, 6) is -0.351. The van der Waals surface area contributed by atoms with Gasteiger partial charge in [-0.05, 0) is 61.4 Å². The molecule has 4 nitrogen and oxygen atoms in total. The van der Waals surface area contributed by atoms with Crippen molar-refractivity contribution in [1.82, 2.24) is 9.97 Å². The van der Waals surface area contributed by atoms with E-state index in [0.717, 1.165) is 11.1 Å². The fourth-order valence-corrected chi connectivity index (χ4v) is 3.14. The number of carbonyl (C=O) groups excluding carboxylic acids is 1. The van der Waals surface area contributed by atoms with Gasteiger partial charge in [0.05, 0.1) is 17.6 Å². The molecular formula is C20H17ClFN3O. The number of benzene rings is 1. The molecular weight excluding hydrogens is 353 g/mol. The Hall–Kier alpha value is -2.79. The van der Waals surface area contributed by atoms with Gasteiger partial charge >= 0.3 is 0 Å². The van der Waals surface area contributed by atoms with E-state index in [2.05, 4.69) is 15.3 Å². The van der Waals surface area contributed by atoms with Crippen LogP contribution in [0, 0.1) is 19.7 Å². The molecule has 3 aromatic rings. The van der Waals surface area contributed by atoms with Crippen LogP contribution in [0.25, 0.3) is 0 Å². The first-order chi connectivity index (χ1) is 12.4. The number of nitrogens with zero attached hydrogens (tertiary/aromatic N) is 2. The first-order valence-electron chi connectivity index (χ1n) is 8.06. The number of ketones is 1. The third kappa shape index (κ3) is 4.06. The highest BCUT2D eigenvalue weighted by Gasteiger charge is 2.16. The maximum atomic E-state index is 13.1. The van der Waals surface area contributed by atoms with E-state index in [1.165, 1.54) is 12.1 Å². The van der Waals surface area contributed by atoms with E-state index < -0.39 is 0 Å². The van der Waals surface area contributed by atoms with E-state index in [4.69, 9.17) is 11.6 Å². The predicted molar refractivity (Wildman–Crippen MR) is 101 cm³/mol. The second-order valence-corrected chi connectivity index (χ2v) is 6.37. The summed E-state index contributed by atoms with van der Waals surface area (Å²) in [5.41, 5.74) is 4.21. The lowest BCUT2D eigenvalue weighted by atomic mass is 9.98. The summed E-state index contributed by atoms with van der Waals surface area (Å²) in [5, 5.41) is 3.55. The van der Waals surface area contributed by atoms with Gasteiger partial charge in [-0.2, -0.15) is 0 Å². The van der Waals surface area contributed by atoms with Crippen molar-refractivity contribution in [2.24, 2.45) is 0 Å². The Morgan fingerprint density at radius 1 is 1.19 bits per heavy atom. The fraction of sp³-hybridized carbons (Fsp3) is 0.150. The number of carbonyl (C=O) groups is 1. The molecule has 132 valence electrons. The van der Waals surface area contributed by atoms with Crippen LogP contribution in [0.5, 0.6) is 0 Å². The second-order valence-electron chi connectivity index (χ2n) is 5.99. The molecule has 6 heteroatoms. The molecule has 1 aromatic carbocycles. The summed E-state index contributed by atoms with van der Waals surface area (Å²) >= 11 is 5.95. The van der Waals surface area contributed by atoms with Crippen LogP contribution >= 0.6 is 11.6 Å². The van der Waals surface area contributed by atoms with Gasteiger partial charge in [-0.3, -0.25) is 9.78 Å². The zero-order valence-electron chi connectivity index (χ0n) is 14.4. The molecule has 0 unspecified atom stereocenters. The number of rotatable bonds is 5. The molecule has 0 fully saturated rings. The van der Waals surface area contributed by atoms with Crippen molar-refractivity contribution in [2.45, 2.75) is 20.3 Å². The van der Waals surface area contributed by atoms with Gasteiger partial charge in [-0.25, -0.2) is 9.37 Å². The van der Waals surface area contributed by atoms with Crippen LogP contribution in [-0.4, -0.2) is 15.8 Å². The molecule has 3 rings (SSSR count). The first kappa shape index (κ1) is 18.0. The molecule has 2 aromatic heterocycles. The smallest absolute Gasteiger partial charge is 0.169 e. The molecule has 0 aliphatic heterocycles. The monoisotopic (exact) mass is 369 g/mol. The van der Waals surface area contributed by atoms with Crippen molar-refractivity contribution < 1.29 is 9.18 Å². The highest BCUT2D eigenvalue weighted by molar-refractivity contribution is 6.29.